The van der Waals surface area contributed by atoms with Gasteiger partial charge in [0.1, 0.15) is 5.82 Å². The van der Waals surface area contributed by atoms with E-state index < -0.39 is 0 Å². The zero-order valence-corrected chi connectivity index (χ0v) is 9.51. The van der Waals surface area contributed by atoms with E-state index in [9.17, 15) is 4.39 Å². The number of hydrogen-bond acceptors (Lipinski definition) is 1. The van der Waals surface area contributed by atoms with Gasteiger partial charge in [-0.2, -0.15) is 5.26 Å². The van der Waals surface area contributed by atoms with Crippen molar-refractivity contribution < 1.29 is 4.39 Å². The molecule has 3 heteroatoms. The van der Waals surface area contributed by atoms with Gasteiger partial charge in [0.15, 0.2) is 0 Å². The molecule has 1 aromatic rings. The highest BCUT2D eigenvalue weighted by molar-refractivity contribution is 9.10. The van der Waals surface area contributed by atoms with Crippen molar-refractivity contribution in [2.75, 3.05) is 0 Å². The highest BCUT2D eigenvalue weighted by Crippen LogP contribution is 2.26. The first kappa shape index (κ1) is 11.2. The van der Waals surface area contributed by atoms with E-state index in [0.717, 1.165) is 4.47 Å². The van der Waals surface area contributed by atoms with Crippen molar-refractivity contribution in [3.63, 3.8) is 0 Å². The Morgan fingerprint density at radius 3 is 2.93 bits per heavy atom. The molecule has 0 radical (unpaired) electrons. The molecule has 0 bridgehead atoms. The van der Waals surface area contributed by atoms with Crippen molar-refractivity contribution in [1.29, 1.82) is 5.26 Å². The fourth-order valence-corrected chi connectivity index (χ4v) is 1.71. The van der Waals surface area contributed by atoms with Crippen LogP contribution in [0.1, 0.15) is 31.2 Å². The lowest BCUT2D eigenvalue weighted by molar-refractivity contribution is 0.577. The summed E-state index contributed by atoms with van der Waals surface area (Å²) in [5, 5.41) is 8.43. The van der Waals surface area contributed by atoms with Gasteiger partial charge >= 0.3 is 0 Å². The lowest BCUT2D eigenvalue weighted by atomic mass is 9.96. The van der Waals surface area contributed by atoms with E-state index in [4.69, 9.17) is 5.26 Å². The number of benzene rings is 1. The van der Waals surface area contributed by atoms with E-state index in [0.29, 0.717) is 18.4 Å². The first-order chi connectivity index (χ1) is 6.65. The van der Waals surface area contributed by atoms with Crippen molar-refractivity contribution in [3.05, 3.63) is 34.1 Å². The second-order valence-electron chi connectivity index (χ2n) is 3.26. The molecule has 0 aliphatic rings. The number of nitrogens with zero attached hydrogens (tertiary/aromatic N) is 1. The Morgan fingerprint density at radius 2 is 2.29 bits per heavy atom. The fourth-order valence-electron chi connectivity index (χ4n) is 1.33. The summed E-state index contributed by atoms with van der Waals surface area (Å²) < 4.78 is 14.2. The molecule has 1 atom stereocenters. The SMILES string of the molecule is CC(CCC#N)c1cc(Br)ccc1F. The summed E-state index contributed by atoms with van der Waals surface area (Å²) in [6.07, 6.45) is 1.16. The zero-order chi connectivity index (χ0) is 10.6. The van der Waals surface area contributed by atoms with Crippen molar-refractivity contribution in [1.82, 2.24) is 0 Å². The minimum Gasteiger partial charge on any atom is -0.207 e. The van der Waals surface area contributed by atoms with Crippen LogP contribution >= 0.6 is 15.9 Å². The number of halogens is 2. The van der Waals surface area contributed by atoms with Crippen LogP contribution in [-0.2, 0) is 0 Å². The number of hydrogen-bond donors (Lipinski definition) is 0. The monoisotopic (exact) mass is 255 g/mol. The molecule has 74 valence electrons. The van der Waals surface area contributed by atoms with Crippen molar-refractivity contribution in [2.45, 2.75) is 25.7 Å². The van der Waals surface area contributed by atoms with E-state index in [1.54, 1.807) is 12.1 Å². The van der Waals surface area contributed by atoms with Crippen molar-refractivity contribution in [3.8, 4) is 6.07 Å². The Balaban J connectivity index is 2.83. The van der Waals surface area contributed by atoms with Crippen LogP contribution in [0.2, 0.25) is 0 Å². The van der Waals surface area contributed by atoms with Crippen LogP contribution in [0.3, 0.4) is 0 Å². The Bertz CT molecular complexity index is 357. The van der Waals surface area contributed by atoms with Gasteiger partial charge in [0.25, 0.3) is 0 Å². The van der Waals surface area contributed by atoms with Crippen LogP contribution in [0.25, 0.3) is 0 Å². The van der Waals surface area contributed by atoms with Gasteiger partial charge < -0.3 is 0 Å². The molecule has 1 aromatic carbocycles. The maximum Gasteiger partial charge on any atom is 0.126 e. The third kappa shape index (κ3) is 2.81. The maximum absolute atomic E-state index is 13.3. The Morgan fingerprint density at radius 1 is 1.57 bits per heavy atom. The van der Waals surface area contributed by atoms with Crippen LogP contribution in [0, 0.1) is 17.1 Å². The van der Waals surface area contributed by atoms with Gasteiger partial charge in [-0.1, -0.05) is 22.9 Å². The Labute approximate surface area is 91.7 Å². The van der Waals surface area contributed by atoms with Crippen LogP contribution in [0.4, 0.5) is 4.39 Å². The van der Waals surface area contributed by atoms with Gasteiger partial charge in [0, 0.05) is 10.9 Å². The third-order valence-electron chi connectivity index (χ3n) is 2.18. The second kappa shape index (κ2) is 5.11. The molecule has 0 aromatic heterocycles. The number of rotatable bonds is 3. The highest BCUT2D eigenvalue weighted by atomic mass is 79.9. The molecular weight excluding hydrogens is 245 g/mol. The minimum atomic E-state index is -0.196. The largest absolute Gasteiger partial charge is 0.207 e. The molecule has 1 unspecified atom stereocenters. The molecule has 14 heavy (non-hydrogen) atoms. The van der Waals surface area contributed by atoms with Crippen LogP contribution < -0.4 is 0 Å². The van der Waals surface area contributed by atoms with E-state index in [-0.39, 0.29) is 11.7 Å². The van der Waals surface area contributed by atoms with E-state index in [1.807, 2.05) is 6.92 Å². The summed E-state index contributed by atoms with van der Waals surface area (Å²) >= 11 is 3.30. The van der Waals surface area contributed by atoms with E-state index in [2.05, 4.69) is 22.0 Å². The molecule has 0 fully saturated rings. The summed E-state index contributed by atoms with van der Waals surface area (Å²) in [5.74, 6) is -0.106. The normalized spacial score (nSPS) is 12.1. The van der Waals surface area contributed by atoms with Crippen molar-refractivity contribution >= 4 is 15.9 Å². The average Bonchev–Trinajstić information content (AvgIpc) is 2.18. The van der Waals surface area contributed by atoms with E-state index in [1.165, 1.54) is 6.07 Å². The van der Waals surface area contributed by atoms with Crippen LogP contribution in [-0.4, -0.2) is 0 Å². The molecule has 0 heterocycles. The van der Waals surface area contributed by atoms with Gasteiger partial charge in [-0.3, -0.25) is 0 Å². The van der Waals surface area contributed by atoms with Gasteiger partial charge in [-0.05, 0) is 36.1 Å². The van der Waals surface area contributed by atoms with Gasteiger partial charge in [0.05, 0.1) is 6.07 Å². The summed E-state index contributed by atoms with van der Waals surface area (Å²) in [6, 6.07) is 6.97. The molecule has 1 nitrogen and oxygen atoms in total. The van der Waals surface area contributed by atoms with Gasteiger partial charge in [-0.25, -0.2) is 4.39 Å². The minimum absolute atomic E-state index is 0.0900. The summed E-state index contributed by atoms with van der Waals surface area (Å²) in [6.45, 7) is 1.93. The van der Waals surface area contributed by atoms with Gasteiger partial charge in [0.2, 0.25) is 0 Å². The quantitative estimate of drug-likeness (QED) is 0.801. The molecule has 0 N–H and O–H groups in total. The Kier molecular flexibility index (Phi) is 4.09. The van der Waals surface area contributed by atoms with Gasteiger partial charge in [-0.15, -0.1) is 0 Å². The topological polar surface area (TPSA) is 23.8 Å². The second-order valence-corrected chi connectivity index (χ2v) is 4.18. The van der Waals surface area contributed by atoms with Crippen LogP contribution in [0.5, 0.6) is 0 Å². The predicted octanol–water partition coefficient (Wildman–Crippen LogP) is 4.00. The highest BCUT2D eigenvalue weighted by Gasteiger charge is 2.10. The first-order valence-electron chi connectivity index (χ1n) is 4.47. The lowest BCUT2D eigenvalue weighted by Crippen LogP contribution is -1.97. The summed E-state index contributed by atoms with van der Waals surface area (Å²) in [5.41, 5.74) is 0.676. The average molecular weight is 256 g/mol. The first-order valence-corrected chi connectivity index (χ1v) is 5.26. The molecule has 0 saturated heterocycles. The third-order valence-corrected chi connectivity index (χ3v) is 2.67. The van der Waals surface area contributed by atoms with E-state index >= 15 is 0 Å². The smallest absolute Gasteiger partial charge is 0.126 e. The fraction of sp³-hybridized carbons (Fsp3) is 0.364. The molecule has 0 aliphatic heterocycles. The predicted molar refractivity (Wildman–Crippen MR) is 57.4 cm³/mol. The molecule has 0 spiro atoms. The van der Waals surface area contributed by atoms with Crippen LogP contribution in [0.15, 0.2) is 22.7 Å². The summed E-state index contributed by atoms with van der Waals surface area (Å²) in [4.78, 5) is 0. The molecule has 0 aliphatic carbocycles. The Hall–Kier alpha value is -0.880. The molecule has 1 rings (SSSR count). The van der Waals surface area contributed by atoms with Crippen molar-refractivity contribution in [2.24, 2.45) is 0 Å². The summed E-state index contributed by atoms with van der Waals surface area (Å²) in [7, 11) is 0. The number of nitriles is 1. The lowest BCUT2D eigenvalue weighted by Gasteiger charge is -2.11. The molecular formula is C11H11BrFN. The maximum atomic E-state index is 13.3. The molecule has 0 amide bonds. The molecule has 0 saturated carbocycles. The standard InChI is InChI=1S/C11H11BrFN/c1-8(3-2-6-14)10-7-9(12)4-5-11(10)13/h4-5,7-8H,2-3H2,1H3. The zero-order valence-electron chi connectivity index (χ0n) is 7.93.